The fraction of sp³-hybridized carbons (Fsp3) is 0.235. The van der Waals surface area contributed by atoms with Gasteiger partial charge in [-0.1, -0.05) is 46.6 Å². The first-order valence-corrected chi connectivity index (χ1v) is 6.76. The van der Waals surface area contributed by atoms with E-state index >= 15 is 0 Å². The average molecular weight is 284 g/mol. The summed E-state index contributed by atoms with van der Waals surface area (Å²) in [6, 6.07) is 13.7. The maximum atomic E-state index is 5.94. The first-order chi connectivity index (χ1) is 10.1. The highest BCUT2D eigenvalue weighted by molar-refractivity contribution is 5.99. The predicted molar refractivity (Wildman–Crippen MR) is 84.4 cm³/mol. The summed E-state index contributed by atoms with van der Waals surface area (Å²) in [6.07, 6.45) is 0. The van der Waals surface area contributed by atoms with E-state index < -0.39 is 0 Å². The third-order valence-corrected chi connectivity index (χ3v) is 3.06. The zero-order chi connectivity index (χ0) is 15.2. The molecule has 2 aromatic carbocycles. The molecule has 0 spiro atoms. The van der Waals surface area contributed by atoms with Gasteiger partial charge >= 0.3 is 0 Å². The molecule has 110 valence electrons. The molecule has 0 saturated heterocycles. The first kappa shape index (κ1) is 14.9. The molecule has 4 nitrogen and oxygen atoms in total. The molecule has 0 heterocycles. The minimum atomic E-state index is 0.303. The minimum absolute atomic E-state index is 0.303. The van der Waals surface area contributed by atoms with Gasteiger partial charge in [0.05, 0.1) is 12.7 Å². The lowest BCUT2D eigenvalue weighted by Gasteiger charge is -2.08. The van der Waals surface area contributed by atoms with Crippen LogP contribution in [0, 0.1) is 13.8 Å². The second kappa shape index (κ2) is 6.79. The van der Waals surface area contributed by atoms with Crippen LogP contribution in [-0.2, 0) is 11.4 Å². The number of para-hydroxylation sites is 1. The van der Waals surface area contributed by atoms with E-state index in [4.69, 9.17) is 15.3 Å². The van der Waals surface area contributed by atoms with Crippen LogP contribution in [0.1, 0.15) is 22.3 Å². The molecule has 0 amide bonds. The molecule has 0 atom stereocenters. The molecule has 0 bridgehead atoms. The average Bonchev–Trinajstić information content (AvgIpc) is 2.46. The molecule has 0 aliphatic heterocycles. The number of oxime groups is 1. The third-order valence-electron chi connectivity index (χ3n) is 3.06. The summed E-state index contributed by atoms with van der Waals surface area (Å²) in [7, 11) is 1.60. The highest BCUT2D eigenvalue weighted by atomic mass is 16.6. The molecule has 0 unspecified atom stereocenters. The number of rotatable bonds is 5. The van der Waals surface area contributed by atoms with E-state index in [9.17, 15) is 0 Å². The fourth-order valence-corrected chi connectivity index (χ4v) is 2.23. The van der Waals surface area contributed by atoms with E-state index in [1.165, 1.54) is 11.1 Å². The zero-order valence-corrected chi connectivity index (χ0v) is 12.6. The maximum Gasteiger partial charge on any atom is 0.174 e. The molecule has 0 aromatic heterocycles. The lowest BCUT2D eigenvalue weighted by atomic mass is 10.1. The Morgan fingerprint density at radius 2 is 1.76 bits per heavy atom. The number of aryl methyl sites for hydroxylation is 2. The monoisotopic (exact) mass is 284 g/mol. The number of methoxy groups -OCH3 is 1. The summed E-state index contributed by atoms with van der Waals surface area (Å²) in [5.41, 5.74) is 10.1. The summed E-state index contributed by atoms with van der Waals surface area (Å²) in [5.74, 6) is 0.977. The van der Waals surface area contributed by atoms with Gasteiger partial charge in [-0.05, 0) is 31.5 Å². The number of hydrogen-bond donors (Lipinski definition) is 1. The molecule has 2 rings (SSSR count). The van der Waals surface area contributed by atoms with Crippen molar-refractivity contribution >= 4 is 5.84 Å². The molecular formula is C17H20N2O2. The summed E-state index contributed by atoms with van der Waals surface area (Å²) in [4.78, 5) is 5.35. The Hall–Kier alpha value is -2.49. The van der Waals surface area contributed by atoms with Crippen molar-refractivity contribution in [2.75, 3.05) is 7.11 Å². The molecule has 2 N–H and O–H groups in total. The van der Waals surface area contributed by atoms with Crippen LogP contribution in [-0.4, -0.2) is 12.9 Å². The molecule has 21 heavy (non-hydrogen) atoms. The second-order valence-corrected chi connectivity index (χ2v) is 4.95. The van der Waals surface area contributed by atoms with E-state index in [1.807, 2.05) is 24.3 Å². The number of nitrogens with zero attached hydrogens (tertiary/aromatic N) is 1. The van der Waals surface area contributed by atoms with E-state index in [0.717, 1.165) is 11.1 Å². The van der Waals surface area contributed by atoms with E-state index in [-0.39, 0.29) is 0 Å². The fourth-order valence-electron chi connectivity index (χ4n) is 2.23. The largest absolute Gasteiger partial charge is 0.496 e. The molecule has 0 aliphatic rings. The SMILES string of the molecule is COc1ccccc1/C(N)=N/OCc1cc(C)cc(C)c1. The van der Waals surface area contributed by atoms with Crippen LogP contribution in [0.5, 0.6) is 5.75 Å². The molecule has 4 heteroatoms. The van der Waals surface area contributed by atoms with Crippen molar-refractivity contribution in [2.45, 2.75) is 20.5 Å². The van der Waals surface area contributed by atoms with E-state index in [1.54, 1.807) is 7.11 Å². The summed E-state index contributed by atoms with van der Waals surface area (Å²) in [6.45, 7) is 4.50. The van der Waals surface area contributed by atoms with Crippen LogP contribution >= 0.6 is 0 Å². The predicted octanol–water partition coefficient (Wildman–Crippen LogP) is 3.15. The van der Waals surface area contributed by atoms with Crippen molar-refractivity contribution < 1.29 is 9.57 Å². The van der Waals surface area contributed by atoms with Gasteiger partial charge in [-0.2, -0.15) is 0 Å². The minimum Gasteiger partial charge on any atom is -0.496 e. The Morgan fingerprint density at radius 1 is 1.10 bits per heavy atom. The van der Waals surface area contributed by atoms with Gasteiger partial charge < -0.3 is 15.3 Å². The van der Waals surface area contributed by atoms with Gasteiger partial charge in [0, 0.05) is 0 Å². The zero-order valence-electron chi connectivity index (χ0n) is 12.6. The smallest absolute Gasteiger partial charge is 0.174 e. The molecule has 0 fully saturated rings. The summed E-state index contributed by atoms with van der Waals surface area (Å²) >= 11 is 0. The second-order valence-electron chi connectivity index (χ2n) is 4.95. The van der Waals surface area contributed by atoms with E-state index in [2.05, 4.69) is 37.2 Å². The van der Waals surface area contributed by atoms with Gasteiger partial charge in [0.15, 0.2) is 5.84 Å². The highest BCUT2D eigenvalue weighted by Gasteiger charge is 2.06. The molecule has 0 aliphatic carbocycles. The van der Waals surface area contributed by atoms with Crippen molar-refractivity contribution in [3.63, 3.8) is 0 Å². The van der Waals surface area contributed by atoms with Crippen LogP contribution in [0.15, 0.2) is 47.6 Å². The number of benzene rings is 2. The van der Waals surface area contributed by atoms with Gasteiger partial charge in [0.1, 0.15) is 12.4 Å². The van der Waals surface area contributed by atoms with Gasteiger partial charge in [0.25, 0.3) is 0 Å². The van der Waals surface area contributed by atoms with Crippen LogP contribution in [0.25, 0.3) is 0 Å². The Labute approximate surface area is 125 Å². The topological polar surface area (TPSA) is 56.8 Å². The quantitative estimate of drug-likeness (QED) is 0.521. The normalized spacial score (nSPS) is 11.3. The molecular weight excluding hydrogens is 264 g/mol. The van der Waals surface area contributed by atoms with Crippen molar-refractivity contribution in [1.29, 1.82) is 0 Å². The number of nitrogens with two attached hydrogens (primary N) is 1. The highest BCUT2D eigenvalue weighted by Crippen LogP contribution is 2.17. The number of amidine groups is 1. The van der Waals surface area contributed by atoms with Crippen molar-refractivity contribution in [3.8, 4) is 5.75 Å². The molecule has 2 aromatic rings. The number of ether oxygens (including phenoxy) is 1. The van der Waals surface area contributed by atoms with Crippen molar-refractivity contribution in [1.82, 2.24) is 0 Å². The molecule has 0 radical (unpaired) electrons. The Kier molecular flexibility index (Phi) is 4.82. The first-order valence-electron chi connectivity index (χ1n) is 6.76. The lowest BCUT2D eigenvalue weighted by molar-refractivity contribution is 0.130. The van der Waals surface area contributed by atoms with Crippen LogP contribution < -0.4 is 10.5 Å². The van der Waals surface area contributed by atoms with Crippen LogP contribution in [0.3, 0.4) is 0 Å². The van der Waals surface area contributed by atoms with Gasteiger partial charge in [0.2, 0.25) is 0 Å². The van der Waals surface area contributed by atoms with Crippen molar-refractivity contribution in [2.24, 2.45) is 10.9 Å². The third kappa shape index (κ3) is 3.99. The Balaban J connectivity index is 2.07. The Morgan fingerprint density at radius 3 is 2.43 bits per heavy atom. The van der Waals surface area contributed by atoms with E-state index in [0.29, 0.717) is 18.2 Å². The lowest BCUT2D eigenvalue weighted by Crippen LogP contribution is -2.15. The summed E-state index contributed by atoms with van der Waals surface area (Å²) < 4.78 is 5.25. The summed E-state index contributed by atoms with van der Waals surface area (Å²) in [5, 5.41) is 3.97. The Bertz CT molecular complexity index is 631. The number of hydrogen-bond acceptors (Lipinski definition) is 3. The van der Waals surface area contributed by atoms with Crippen LogP contribution in [0.4, 0.5) is 0 Å². The van der Waals surface area contributed by atoms with Crippen molar-refractivity contribution in [3.05, 3.63) is 64.7 Å². The van der Waals surface area contributed by atoms with Gasteiger partial charge in [-0.15, -0.1) is 0 Å². The maximum absolute atomic E-state index is 5.94. The molecule has 0 saturated carbocycles. The van der Waals surface area contributed by atoms with Crippen LogP contribution in [0.2, 0.25) is 0 Å². The van der Waals surface area contributed by atoms with Gasteiger partial charge in [-0.3, -0.25) is 0 Å². The van der Waals surface area contributed by atoms with Gasteiger partial charge in [-0.25, -0.2) is 0 Å². The standard InChI is InChI=1S/C17H20N2O2/c1-12-8-13(2)10-14(9-12)11-21-19-17(18)15-6-4-5-7-16(15)20-3/h4-10H,11H2,1-3H3,(H2,18,19).